The molecule has 3 N–H and O–H groups in total. The number of fused-ring (bicyclic) bond motifs is 1. The number of aromatic nitrogens is 2. The summed E-state index contributed by atoms with van der Waals surface area (Å²) in [6, 6.07) is 12.8. The molecule has 3 rings (SSSR count). The van der Waals surface area contributed by atoms with Gasteiger partial charge in [-0.25, -0.2) is 4.98 Å². The third-order valence-electron chi connectivity index (χ3n) is 3.59. The molecule has 7 heteroatoms. The van der Waals surface area contributed by atoms with E-state index in [1.165, 1.54) is 6.07 Å². The number of amides is 1. The number of hydrogen-bond donors (Lipinski definition) is 3. The molecule has 0 saturated carbocycles. The molecule has 1 heterocycles. The van der Waals surface area contributed by atoms with Crippen LogP contribution in [0.4, 0.5) is 0 Å². The van der Waals surface area contributed by atoms with Crippen LogP contribution >= 0.6 is 0 Å². The van der Waals surface area contributed by atoms with Crippen molar-refractivity contribution in [2.24, 2.45) is 0 Å². The van der Waals surface area contributed by atoms with Crippen molar-refractivity contribution in [2.75, 3.05) is 6.54 Å². The second kappa shape index (κ2) is 6.41. The molecule has 0 saturated heterocycles. The highest BCUT2D eigenvalue weighted by molar-refractivity contribution is 6.08. The number of rotatable bonds is 5. The summed E-state index contributed by atoms with van der Waals surface area (Å²) in [5.74, 6) is -2.08. The predicted octanol–water partition coefficient (Wildman–Crippen LogP) is 1.60. The van der Waals surface area contributed by atoms with Crippen molar-refractivity contribution in [2.45, 2.75) is 6.54 Å². The van der Waals surface area contributed by atoms with Crippen molar-refractivity contribution in [3.63, 3.8) is 0 Å². The number of phenols is 1. The van der Waals surface area contributed by atoms with Crippen molar-refractivity contribution in [3.05, 3.63) is 59.9 Å². The van der Waals surface area contributed by atoms with Gasteiger partial charge in [0.15, 0.2) is 0 Å². The molecule has 0 aliphatic rings. The third-order valence-corrected chi connectivity index (χ3v) is 3.59. The summed E-state index contributed by atoms with van der Waals surface area (Å²) in [4.78, 5) is 27.0. The monoisotopic (exact) mass is 325 g/mol. The van der Waals surface area contributed by atoms with E-state index in [9.17, 15) is 14.7 Å². The number of nitrogens with one attached hydrogen (secondary N) is 1. The molecule has 0 atom stereocenters. The summed E-state index contributed by atoms with van der Waals surface area (Å²) in [6.45, 7) is 0.0394. The number of carboxylic acids is 1. The van der Waals surface area contributed by atoms with Gasteiger partial charge in [0.25, 0.3) is 5.91 Å². The largest absolute Gasteiger partial charge is 0.507 e. The molecule has 0 fully saturated rings. The summed E-state index contributed by atoms with van der Waals surface area (Å²) in [5.41, 5.74) is 2.05. The Bertz CT molecular complexity index is 903. The van der Waals surface area contributed by atoms with E-state index in [-0.39, 0.29) is 11.3 Å². The van der Waals surface area contributed by atoms with Gasteiger partial charge in [-0.3, -0.25) is 9.59 Å². The number of hydrogen-bond acceptors (Lipinski definition) is 4. The number of carbonyl (C=O) groups is 2. The van der Waals surface area contributed by atoms with Crippen molar-refractivity contribution < 1.29 is 19.8 Å². The van der Waals surface area contributed by atoms with Gasteiger partial charge >= 0.3 is 5.97 Å². The van der Waals surface area contributed by atoms with Crippen LogP contribution in [0.15, 0.2) is 48.8 Å². The molecule has 24 heavy (non-hydrogen) atoms. The van der Waals surface area contributed by atoms with Crippen LogP contribution in [0.2, 0.25) is 0 Å². The second-order valence-corrected chi connectivity index (χ2v) is 5.26. The first kappa shape index (κ1) is 15.5. The van der Waals surface area contributed by atoms with Crippen LogP contribution in [0, 0.1) is 0 Å². The number of carbonyl (C=O) groups excluding carboxylic acids is 1. The van der Waals surface area contributed by atoms with E-state index in [2.05, 4.69) is 10.3 Å². The van der Waals surface area contributed by atoms with E-state index >= 15 is 0 Å². The van der Waals surface area contributed by atoms with Crippen LogP contribution in [0.5, 0.6) is 5.75 Å². The van der Waals surface area contributed by atoms with Crippen LogP contribution < -0.4 is 5.32 Å². The maximum atomic E-state index is 12.2. The Morgan fingerprint density at radius 1 is 1.12 bits per heavy atom. The van der Waals surface area contributed by atoms with Gasteiger partial charge in [-0.2, -0.15) is 0 Å². The molecule has 2 aromatic carbocycles. The van der Waals surface area contributed by atoms with Gasteiger partial charge in [0, 0.05) is 6.54 Å². The van der Waals surface area contributed by atoms with Gasteiger partial charge in [-0.15, -0.1) is 0 Å². The second-order valence-electron chi connectivity index (χ2n) is 5.26. The number of aliphatic carboxylic acids is 1. The summed E-state index contributed by atoms with van der Waals surface area (Å²) in [7, 11) is 0. The number of phenolic OH excluding ortho intramolecular Hbond substituents is 1. The van der Waals surface area contributed by atoms with Crippen molar-refractivity contribution in [1.82, 2.24) is 14.9 Å². The summed E-state index contributed by atoms with van der Waals surface area (Å²) in [6.07, 6.45) is 1.59. The molecule has 3 aromatic rings. The summed E-state index contributed by atoms with van der Waals surface area (Å²) < 4.78 is 1.86. The average molecular weight is 325 g/mol. The highest BCUT2D eigenvalue weighted by atomic mass is 16.4. The van der Waals surface area contributed by atoms with E-state index < -0.39 is 18.4 Å². The quantitative estimate of drug-likeness (QED) is 0.661. The number of carboxylic acid groups (broad SMARTS) is 1. The number of aromatic hydroxyl groups is 1. The Morgan fingerprint density at radius 3 is 2.58 bits per heavy atom. The van der Waals surface area contributed by atoms with Gasteiger partial charge in [-0.05, 0) is 17.7 Å². The lowest BCUT2D eigenvalue weighted by Gasteiger charge is -2.08. The first-order valence-electron chi connectivity index (χ1n) is 7.27. The highest BCUT2D eigenvalue weighted by Crippen LogP contribution is 2.26. The molecule has 1 amide bonds. The van der Waals surface area contributed by atoms with Crippen molar-refractivity contribution in [1.29, 1.82) is 0 Å². The molecule has 7 nitrogen and oxygen atoms in total. The van der Waals surface area contributed by atoms with E-state index in [0.29, 0.717) is 17.6 Å². The smallest absolute Gasteiger partial charge is 0.322 e. The zero-order valence-electron chi connectivity index (χ0n) is 12.6. The highest BCUT2D eigenvalue weighted by Gasteiger charge is 2.19. The van der Waals surface area contributed by atoms with Crippen molar-refractivity contribution in [3.8, 4) is 5.75 Å². The van der Waals surface area contributed by atoms with Crippen LogP contribution in [0.3, 0.4) is 0 Å². The Hall–Kier alpha value is -3.35. The maximum Gasteiger partial charge on any atom is 0.322 e. The fourth-order valence-corrected chi connectivity index (χ4v) is 2.50. The first-order chi connectivity index (χ1) is 11.6. The van der Waals surface area contributed by atoms with Crippen molar-refractivity contribution >= 4 is 22.9 Å². The molecule has 0 radical (unpaired) electrons. The Kier molecular flexibility index (Phi) is 4.15. The molecule has 122 valence electrons. The predicted molar refractivity (Wildman–Crippen MR) is 86.9 cm³/mol. The summed E-state index contributed by atoms with van der Waals surface area (Å²) >= 11 is 0. The minimum atomic E-state index is -1.16. The fourth-order valence-electron chi connectivity index (χ4n) is 2.50. The maximum absolute atomic E-state index is 12.2. The topological polar surface area (TPSA) is 104 Å². The Labute approximate surface area is 137 Å². The lowest BCUT2D eigenvalue weighted by Crippen LogP contribution is -2.29. The van der Waals surface area contributed by atoms with Gasteiger partial charge in [0.1, 0.15) is 23.4 Å². The zero-order valence-corrected chi connectivity index (χ0v) is 12.6. The minimum Gasteiger partial charge on any atom is -0.507 e. The third kappa shape index (κ3) is 3.05. The Balaban J connectivity index is 1.97. The molecule has 0 aliphatic heterocycles. The van der Waals surface area contributed by atoms with Gasteiger partial charge in [0.05, 0.1) is 11.8 Å². The van der Waals surface area contributed by atoms with Gasteiger partial charge in [-0.1, -0.05) is 30.3 Å². The molecule has 0 aliphatic carbocycles. The SMILES string of the molecule is O=C(O)CNC(=O)c1c(O)ccc2c1ncn2Cc1ccccc1. The lowest BCUT2D eigenvalue weighted by molar-refractivity contribution is -0.135. The molecular weight excluding hydrogens is 310 g/mol. The van der Waals surface area contributed by atoms with E-state index in [0.717, 1.165) is 5.56 Å². The van der Waals surface area contributed by atoms with Gasteiger partial charge in [0.2, 0.25) is 0 Å². The van der Waals surface area contributed by atoms with Crippen LogP contribution in [0.25, 0.3) is 11.0 Å². The molecule has 1 aromatic heterocycles. The van der Waals surface area contributed by atoms with E-state index in [1.54, 1.807) is 12.4 Å². The molecule has 0 unspecified atom stereocenters. The first-order valence-corrected chi connectivity index (χ1v) is 7.27. The van der Waals surface area contributed by atoms with Crippen LogP contribution in [-0.2, 0) is 11.3 Å². The van der Waals surface area contributed by atoms with Crippen LogP contribution in [0.1, 0.15) is 15.9 Å². The standard InChI is InChI=1S/C17H15N3O4/c21-13-7-6-12-16(15(13)17(24)18-8-14(22)23)19-10-20(12)9-11-4-2-1-3-5-11/h1-7,10,21H,8-9H2,(H,18,24)(H,22,23). The number of nitrogens with zero attached hydrogens (tertiary/aromatic N) is 2. The lowest BCUT2D eigenvalue weighted by atomic mass is 10.1. The van der Waals surface area contributed by atoms with E-state index in [4.69, 9.17) is 5.11 Å². The summed E-state index contributed by atoms with van der Waals surface area (Å²) in [5, 5.41) is 20.9. The van der Waals surface area contributed by atoms with E-state index in [1.807, 2.05) is 34.9 Å². The molecule has 0 spiro atoms. The van der Waals surface area contributed by atoms with Crippen LogP contribution in [-0.4, -0.2) is 38.2 Å². The average Bonchev–Trinajstić information content (AvgIpc) is 2.96. The molecule has 0 bridgehead atoms. The minimum absolute atomic E-state index is 0.0273. The molecular formula is C17H15N3O4. The number of imidazole rings is 1. The Morgan fingerprint density at radius 2 is 1.88 bits per heavy atom. The van der Waals surface area contributed by atoms with Gasteiger partial charge < -0.3 is 20.1 Å². The fraction of sp³-hybridized carbons (Fsp3) is 0.118. The number of benzene rings is 2. The normalized spacial score (nSPS) is 10.7. The zero-order chi connectivity index (χ0) is 17.1.